The van der Waals surface area contributed by atoms with Gasteiger partial charge in [0.05, 0.1) is 17.6 Å². The highest BCUT2D eigenvalue weighted by atomic mass is 16.6. The van der Waals surface area contributed by atoms with E-state index in [0.29, 0.717) is 19.4 Å². The molecule has 1 heterocycles. The van der Waals surface area contributed by atoms with Crippen LogP contribution < -0.4 is 0 Å². The number of nitrogens with zero attached hydrogens (tertiary/aromatic N) is 1. The molecule has 1 aromatic carbocycles. The first-order chi connectivity index (χ1) is 8.08. The summed E-state index contributed by atoms with van der Waals surface area (Å²) in [7, 11) is 0. The van der Waals surface area contributed by atoms with Crippen LogP contribution in [0.3, 0.4) is 0 Å². The first-order valence-electron chi connectivity index (χ1n) is 5.46. The van der Waals surface area contributed by atoms with Gasteiger partial charge in [-0.1, -0.05) is 6.07 Å². The van der Waals surface area contributed by atoms with Gasteiger partial charge in [0.2, 0.25) is 0 Å². The molecule has 1 atom stereocenters. The van der Waals surface area contributed by atoms with Crippen molar-refractivity contribution in [3.8, 4) is 0 Å². The zero-order valence-corrected chi connectivity index (χ0v) is 9.51. The third kappa shape index (κ3) is 2.50. The lowest BCUT2D eigenvalue weighted by atomic mass is 9.96. The van der Waals surface area contributed by atoms with Crippen molar-refractivity contribution in [3.63, 3.8) is 0 Å². The maximum Gasteiger partial charge on any atom is 0.269 e. The smallest absolute Gasteiger partial charge is 0.269 e. The molecule has 1 unspecified atom stereocenters. The summed E-state index contributed by atoms with van der Waals surface area (Å²) < 4.78 is 5.51. The van der Waals surface area contributed by atoms with Crippen molar-refractivity contribution in [3.05, 3.63) is 39.4 Å². The number of hydrogen-bond donors (Lipinski definition) is 0. The van der Waals surface area contributed by atoms with Gasteiger partial charge in [-0.25, -0.2) is 0 Å². The van der Waals surface area contributed by atoms with Gasteiger partial charge in [0.1, 0.15) is 5.78 Å². The largest absolute Gasteiger partial charge is 0.373 e. The van der Waals surface area contributed by atoms with Crippen molar-refractivity contribution in [1.29, 1.82) is 0 Å². The number of rotatable bonds is 2. The van der Waals surface area contributed by atoms with E-state index in [2.05, 4.69) is 0 Å². The SMILES string of the molecule is Cc1ccc([N+](=O)[O-])cc1C1CC(=O)CCO1. The van der Waals surface area contributed by atoms with Gasteiger partial charge < -0.3 is 4.74 Å². The number of aryl methyl sites for hydroxylation is 1. The van der Waals surface area contributed by atoms with Crippen LogP contribution in [-0.4, -0.2) is 17.3 Å². The van der Waals surface area contributed by atoms with Gasteiger partial charge in [-0.05, 0) is 18.1 Å². The van der Waals surface area contributed by atoms with Crippen LogP contribution in [-0.2, 0) is 9.53 Å². The molecule has 0 aliphatic carbocycles. The summed E-state index contributed by atoms with van der Waals surface area (Å²) >= 11 is 0. The van der Waals surface area contributed by atoms with Crippen LogP contribution in [0, 0.1) is 17.0 Å². The molecule has 0 bridgehead atoms. The fraction of sp³-hybridized carbons (Fsp3) is 0.417. The third-order valence-corrected chi connectivity index (χ3v) is 2.93. The fourth-order valence-electron chi connectivity index (χ4n) is 1.97. The Morgan fingerprint density at radius 2 is 2.24 bits per heavy atom. The molecular formula is C12H13NO4. The molecule has 0 aromatic heterocycles. The zero-order chi connectivity index (χ0) is 12.4. The number of nitro benzene ring substituents is 1. The molecule has 0 amide bonds. The van der Waals surface area contributed by atoms with Crippen LogP contribution in [0.1, 0.15) is 30.1 Å². The molecule has 2 rings (SSSR count). The normalized spacial score (nSPS) is 20.3. The van der Waals surface area contributed by atoms with Crippen LogP contribution >= 0.6 is 0 Å². The molecule has 5 heteroatoms. The van der Waals surface area contributed by atoms with E-state index >= 15 is 0 Å². The molecule has 1 saturated heterocycles. The summed E-state index contributed by atoms with van der Waals surface area (Å²) in [6.07, 6.45) is 0.406. The Morgan fingerprint density at radius 3 is 2.88 bits per heavy atom. The first-order valence-corrected chi connectivity index (χ1v) is 5.46. The molecule has 1 aliphatic rings. The molecule has 1 fully saturated rings. The predicted molar refractivity (Wildman–Crippen MR) is 60.8 cm³/mol. The standard InChI is InChI=1S/C12H13NO4/c1-8-2-3-9(13(15)16)6-11(8)12-7-10(14)4-5-17-12/h2-3,6,12H,4-5,7H2,1H3. The number of hydrogen-bond acceptors (Lipinski definition) is 4. The molecule has 0 radical (unpaired) electrons. The van der Waals surface area contributed by atoms with Gasteiger partial charge in [-0.15, -0.1) is 0 Å². The number of benzene rings is 1. The number of carbonyl (C=O) groups excluding carboxylic acids is 1. The topological polar surface area (TPSA) is 69.4 Å². The van der Waals surface area contributed by atoms with Crippen LogP contribution in [0.25, 0.3) is 0 Å². The van der Waals surface area contributed by atoms with Gasteiger partial charge in [0.15, 0.2) is 0 Å². The van der Waals surface area contributed by atoms with E-state index in [1.165, 1.54) is 12.1 Å². The Morgan fingerprint density at radius 1 is 1.47 bits per heavy atom. The van der Waals surface area contributed by atoms with Crippen molar-refractivity contribution in [1.82, 2.24) is 0 Å². The van der Waals surface area contributed by atoms with Crippen molar-refractivity contribution in [2.75, 3.05) is 6.61 Å². The van der Waals surface area contributed by atoms with Gasteiger partial charge in [0.25, 0.3) is 5.69 Å². The summed E-state index contributed by atoms with van der Waals surface area (Å²) in [5.41, 5.74) is 1.69. The maximum absolute atomic E-state index is 11.4. The van der Waals surface area contributed by atoms with E-state index in [1.54, 1.807) is 6.07 Å². The monoisotopic (exact) mass is 235 g/mol. The minimum Gasteiger partial charge on any atom is -0.373 e. The maximum atomic E-state index is 11.4. The lowest BCUT2D eigenvalue weighted by Gasteiger charge is -2.23. The summed E-state index contributed by atoms with van der Waals surface area (Å²) in [5.74, 6) is 0.146. The molecule has 5 nitrogen and oxygen atoms in total. The average Bonchev–Trinajstić information content (AvgIpc) is 2.29. The highest BCUT2D eigenvalue weighted by Crippen LogP contribution is 2.30. The van der Waals surface area contributed by atoms with Gasteiger partial charge in [0, 0.05) is 25.0 Å². The molecule has 17 heavy (non-hydrogen) atoms. The Balaban J connectivity index is 2.33. The van der Waals surface area contributed by atoms with Crippen molar-refractivity contribution in [2.45, 2.75) is 25.9 Å². The summed E-state index contributed by atoms with van der Waals surface area (Å²) in [5, 5.41) is 10.7. The van der Waals surface area contributed by atoms with E-state index in [4.69, 9.17) is 4.74 Å². The Labute approximate surface area is 98.5 Å². The highest BCUT2D eigenvalue weighted by Gasteiger charge is 2.24. The number of carbonyl (C=O) groups is 1. The summed E-state index contributed by atoms with van der Waals surface area (Å²) in [6.45, 7) is 2.26. The second-order valence-electron chi connectivity index (χ2n) is 4.15. The Bertz CT molecular complexity index is 470. The van der Waals surface area contributed by atoms with Gasteiger partial charge in [-0.3, -0.25) is 14.9 Å². The molecule has 1 aliphatic heterocycles. The number of ether oxygens (including phenoxy) is 1. The molecule has 0 N–H and O–H groups in total. The molecular weight excluding hydrogens is 222 g/mol. The van der Waals surface area contributed by atoms with E-state index in [9.17, 15) is 14.9 Å². The second-order valence-corrected chi connectivity index (χ2v) is 4.15. The lowest BCUT2D eigenvalue weighted by molar-refractivity contribution is -0.385. The number of Topliss-reactive ketones (excluding diaryl/α,β-unsaturated/α-hetero) is 1. The first kappa shape index (κ1) is 11.7. The highest BCUT2D eigenvalue weighted by molar-refractivity contribution is 5.79. The fourth-order valence-corrected chi connectivity index (χ4v) is 1.97. The lowest BCUT2D eigenvalue weighted by Crippen LogP contribution is -2.20. The number of non-ortho nitro benzene ring substituents is 1. The third-order valence-electron chi connectivity index (χ3n) is 2.93. The van der Waals surface area contributed by atoms with E-state index in [1.807, 2.05) is 6.92 Å². The van der Waals surface area contributed by atoms with Crippen LogP contribution in [0.15, 0.2) is 18.2 Å². The van der Waals surface area contributed by atoms with Crippen molar-refractivity contribution >= 4 is 11.5 Å². The number of nitro groups is 1. The zero-order valence-electron chi connectivity index (χ0n) is 9.51. The van der Waals surface area contributed by atoms with Crippen LogP contribution in [0.4, 0.5) is 5.69 Å². The Kier molecular flexibility index (Phi) is 3.19. The minimum absolute atomic E-state index is 0.0345. The van der Waals surface area contributed by atoms with Crippen LogP contribution in [0.5, 0.6) is 0 Å². The summed E-state index contributed by atoms with van der Waals surface area (Å²) in [4.78, 5) is 21.6. The molecule has 90 valence electrons. The van der Waals surface area contributed by atoms with Crippen molar-refractivity contribution < 1.29 is 14.5 Å². The summed E-state index contributed by atoms with van der Waals surface area (Å²) in [6, 6.07) is 4.65. The quantitative estimate of drug-likeness (QED) is 0.582. The van der Waals surface area contributed by atoms with E-state index < -0.39 is 4.92 Å². The van der Waals surface area contributed by atoms with Crippen molar-refractivity contribution in [2.24, 2.45) is 0 Å². The van der Waals surface area contributed by atoms with Gasteiger partial charge >= 0.3 is 0 Å². The predicted octanol–water partition coefficient (Wildman–Crippen LogP) is 2.32. The molecule has 1 aromatic rings. The minimum atomic E-state index is -0.437. The van der Waals surface area contributed by atoms with Gasteiger partial charge in [-0.2, -0.15) is 0 Å². The second kappa shape index (κ2) is 4.63. The van der Waals surface area contributed by atoms with E-state index in [0.717, 1.165) is 11.1 Å². The van der Waals surface area contributed by atoms with E-state index in [-0.39, 0.29) is 17.6 Å². The molecule has 0 spiro atoms. The Hall–Kier alpha value is -1.75. The average molecular weight is 235 g/mol. The molecule has 0 saturated carbocycles. The number of ketones is 1. The van der Waals surface area contributed by atoms with Crippen LogP contribution in [0.2, 0.25) is 0 Å².